The summed E-state index contributed by atoms with van der Waals surface area (Å²) in [4.78, 5) is 38.9. The van der Waals surface area contributed by atoms with Crippen molar-refractivity contribution in [3.63, 3.8) is 0 Å². The molecule has 1 N–H and O–H groups in total. The number of benzene rings is 3. The maximum Gasteiger partial charge on any atom is 0.308 e. The predicted molar refractivity (Wildman–Crippen MR) is 153 cm³/mol. The van der Waals surface area contributed by atoms with Crippen molar-refractivity contribution in [1.29, 1.82) is 0 Å². The van der Waals surface area contributed by atoms with E-state index in [-0.39, 0.29) is 23.5 Å². The molecule has 1 amide bonds. The van der Waals surface area contributed by atoms with Gasteiger partial charge in [0.1, 0.15) is 5.69 Å². The third kappa shape index (κ3) is 5.59. The molecule has 11 heteroatoms. The quantitative estimate of drug-likeness (QED) is 0.323. The van der Waals surface area contributed by atoms with E-state index in [9.17, 15) is 22.8 Å². The van der Waals surface area contributed by atoms with E-state index in [1.165, 1.54) is 21.1 Å². The van der Waals surface area contributed by atoms with Crippen molar-refractivity contribution >= 4 is 27.6 Å². The number of aromatic nitrogens is 2. The second-order valence-electron chi connectivity index (χ2n) is 9.74. The monoisotopic (exact) mass is 574 g/mol. The van der Waals surface area contributed by atoms with Crippen LogP contribution < -0.4 is 10.9 Å². The molecular weight excluding hydrogens is 544 g/mol. The largest absolute Gasteiger partial charge is 0.456 e. The summed E-state index contributed by atoms with van der Waals surface area (Å²) in [6.07, 6.45) is 0.231. The van der Waals surface area contributed by atoms with Gasteiger partial charge in [0.25, 0.3) is 11.5 Å². The number of fused-ring (bicyclic) bond motifs is 1. The molecule has 2 heterocycles. The Morgan fingerprint density at radius 1 is 0.951 bits per heavy atom. The lowest BCUT2D eigenvalue weighted by atomic mass is 9.92. The number of hydrogen-bond donors (Lipinski definition) is 1. The average molecular weight is 575 g/mol. The van der Waals surface area contributed by atoms with Crippen LogP contribution in [0.15, 0.2) is 94.6 Å². The van der Waals surface area contributed by atoms with Gasteiger partial charge in [0.15, 0.2) is 6.61 Å². The number of nitrogens with zero attached hydrogens (tertiary/aromatic N) is 3. The van der Waals surface area contributed by atoms with Crippen molar-refractivity contribution in [3.05, 3.63) is 112 Å². The highest BCUT2D eigenvalue weighted by Gasteiger charge is 2.37. The van der Waals surface area contributed by atoms with E-state index in [0.29, 0.717) is 17.8 Å². The smallest absolute Gasteiger partial charge is 0.308 e. The van der Waals surface area contributed by atoms with E-state index in [0.717, 1.165) is 11.1 Å². The zero-order valence-electron chi connectivity index (χ0n) is 22.7. The van der Waals surface area contributed by atoms with E-state index in [1.54, 1.807) is 67.2 Å². The summed E-state index contributed by atoms with van der Waals surface area (Å²) in [7, 11) is -2.19. The first-order chi connectivity index (χ1) is 19.7. The SMILES string of the molecule is Cc1c(NC(=O)COC(=O)C[C@@H]2c3ccccc3CCN2S(=O)(=O)c2ccccc2)c(=O)n(-c2ccccc2)n1C. The van der Waals surface area contributed by atoms with Crippen molar-refractivity contribution in [2.45, 2.75) is 30.7 Å². The van der Waals surface area contributed by atoms with E-state index in [1.807, 2.05) is 24.3 Å². The van der Waals surface area contributed by atoms with Gasteiger partial charge in [0.05, 0.1) is 28.7 Å². The molecule has 212 valence electrons. The molecule has 1 aliphatic rings. The summed E-state index contributed by atoms with van der Waals surface area (Å²) in [6, 6.07) is 23.7. The first-order valence-corrected chi connectivity index (χ1v) is 14.6. The number of para-hydroxylation sites is 1. The molecule has 1 aromatic heterocycles. The Bertz CT molecular complexity index is 1750. The number of amides is 1. The fourth-order valence-electron chi connectivity index (χ4n) is 5.11. The maximum absolute atomic E-state index is 13.5. The molecule has 10 nitrogen and oxygen atoms in total. The van der Waals surface area contributed by atoms with E-state index in [4.69, 9.17) is 4.74 Å². The number of carbonyl (C=O) groups is 2. The number of sulfonamides is 1. The number of carbonyl (C=O) groups excluding carboxylic acids is 2. The fraction of sp³-hybridized carbons (Fsp3) is 0.233. The molecule has 41 heavy (non-hydrogen) atoms. The van der Waals surface area contributed by atoms with Gasteiger partial charge in [-0.15, -0.1) is 0 Å². The van der Waals surface area contributed by atoms with Crippen LogP contribution in [0.25, 0.3) is 5.69 Å². The Labute approximate surface area is 237 Å². The summed E-state index contributed by atoms with van der Waals surface area (Å²) in [5, 5.41) is 2.56. The Morgan fingerprint density at radius 2 is 1.59 bits per heavy atom. The molecule has 3 aromatic carbocycles. The summed E-state index contributed by atoms with van der Waals surface area (Å²) in [5.74, 6) is -1.41. The third-order valence-electron chi connectivity index (χ3n) is 7.26. The Kier molecular flexibility index (Phi) is 7.91. The first kappa shape index (κ1) is 28.1. The average Bonchev–Trinajstić information content (AvgIpc) is 3.19. The van der Waals surface area contributed by atoms with Gasteiger partial charge in [0.2, 0.25) is 10.0 Å². The minimum absolute atomic E-state index is 0.0822. The van der Waals surface area contributed by atoms with E-state index in [2.05, 4.69) is 5.32 Å². The highest BCUT2D eigenvalue weighted by atomic mass is 32.2. The molecule has 0 aliphatic carbocycles. The molecule has 0 radical (unpaired) electrons. The molecule has 1 aliphatic heterocycles. The molecule has 5 rings (SSSR count). The lowest BCUT2D eigenvalue weighted by Gasteiger charge is -2.36. The van der Waals surface area contributed by atoms with Gasteiger partial charge in [-0.2, -0.15) is 4.31 Å². The molecule has 0 fully saturated rings. The third-order valence-corrected chi connectivity index (χ3v) is 9.18. The fourth-order valence-corrected chi connectivity index (χ4v) is 6.73. The van der Waals surface area contributed by atoms with Crippen LogP contribution >= 0.6 is 0 Å². The normalized spacial score (nSPS) is 15.2. The van der Waals surface area contributed by atoms with Gasteiger partial charge >= 0.3 is 5.97 Å². The van der Waals surface area contributed by atoms with Gasteiger partial charge in [0, 0.05) is 13.6 Å². The van der Waals surface area contributed by atoms with Gasteiger partial charge in [-0.3, -0.25) is 19.1 Å². The molecule has 0 spiro atoms. The van der Waals surface area contributed by atoms with Crippen LogP contribution in [0.2, 0.25) is 0 Å². The van der Waals surface area contributed by atoms with Crippen LogP contribution in [-0.2, 0) is 37.8 Å². The van der Waals surface area contributed by atoms with Crippen LogP contribution in [-0.4, -0.2) is 47.1 Å². The summed E-state index contributed by atoms with van der Waals surface area (Å²) < 4.78 is 36.7. The lowest BCUT2D eigenvalue weighted by molar-refractivity contribution is -0.148. The van der Waals surface area contributed by atoms with Crippen molar-refractivity contribution in [3.8, 4) is 5.69 Å². The minimum atomic E-state index is -3.90. The van der Waals surface area contributed by atoms with Crippen LogP contribution in [0.5, 0.6) is 0 Å². The van der Waals surface area contributed by atoms with Gasteiger partial charge in [-0.25, -0.2) is 13.1 Å². The molecule has 0 saturated carbocycles. The lowest BCUT2D eigenvalue weighted by Crippen LogP contribution is -2.41. The van der Waals surface area contributed by atoms with Gasteiger partial charge < -0.3 is 10.1 Å². The predicted octanol–water partition coefficient (Wildman–Crippen LogP) is 3.34. The van der Waals surface area contributed by atoms with Crippen molar-refractivity contribution in [2.75, 3.05) is 18.5 Å². The summed E-state index contributed by atoms with van der Waals surface area (Å²) in [6.45, 7) is 1.27. The second kappa shape index (κ2) is 11.6. The second-order valence-corrected chi connectivity index (χ2v) is 11.6. The van der Waals surface area contributed by atoms with Crippen LogP contribution in [0.1, 0.15) is 29.3 Å². The first-order valence-electron chi connectivity index (χ1n) is 13.1. The number of rotatable bonds is 8. The molecule has 0 unspecified atom stereocenters. The van der Waals surface area contributed by atoms with Crippen molar-refractivity contribution < 1.29 is 22.7 Å². The minimum Gasteiger partial charge on any atom is -0.456 e. The zero-order chi connectivity index (χ0) is 29.1. The van der Waals surface area contributed by atoms with Crippen LogP contribution in [0, 0.1) is 6.92 Å². The van der Waals surface area contributed by atoms with Gasteiger partial charge in [-0.1, -0.05) is 60.7 Å². The highest BCUT2D eigenvalue weighted by Crippen LogP contribution is 2.36. The van der Waals surface area contributed by atoms with E-state index >= 15 is 0 Å². The number of esters is 1. The zero-order valence-corrected chi connectivity index (χ0v) is 23.5. The Hall–Kier alpha value is -4.48. The summed E-state index contributed by atoms with van der Waals surface area (Å²) >= 11 is 0. The topological polar surface area (TPSA) is 120 Å². The molecule has 4 aromatic rings. The molecule has 0 bridgehead atoms. The van der Waals surface area contributed by atoms with Gasteiger partial charge in [-0.05, 0) is 48.7 Å². The van der Waals surface area contributed by atoms with Crippen molar-refractivity contribution in [1.82, 2.24) is 13.7 Å². The summed E-state index contributed by atoms with van der Waals surface area (Å²) in [5.41, 5.74) is 2.50. The van der Waals surface area contributed by atoms with Crippen LogP contribution in [0.3, 0.4) is 0 Å². The highest BCUT2D eigenvalue weighted by molar-refractivity contribution is 7.89. The maximum atomic E-state index is 13.5. The Morgan fingerprint density at radius 3 is 2.29 bits per heavy atom. The molecular formula is C30H30N4O6S. The Balaban J connectivity index is 1.30. The molecule has 1 atom stereocenters. The number of ether oxygens (including phenoxy) is 1. The van der Waals surface area contributed by atoms with E-state index < -0.39 is 40.1 Å². The molecule has 0 saturated heterocycles. The standard InChI is InChI=1S/C30H30N4O6S/c1-21-29(30(37)34(32(21)2)23-12-5-3-6-13-23)31-27(35)20-40-28(36)19-26-25-16-10-9-11-22(25)17-18-33(26)41(38,39)24-14-7-4-8-15-24/h3-16,26H,17-20H2,1-2H3,(H,31,35)/t26-/m1/s1. The number of nitrogens with one attached hydrogen (secondary N) is 1. The van der Waals surface area contributed by atoms with Crippen LogP contribution in [0.4, 0.5) is 5.69 Å². The number of anilines is 1. The number of hydrogen-bond acceptors (Lipinski definition) is 6. The van der Waals surface area contributed by atoms with Crippen molar-refractivity contribution in [2.24, 2.45) is 7.05 Å².